The van der Waals surface area contributed by atoms with Crippen molar-refractivity contribution >= 4 is 32.3 Å². The number of aromatic nitrogens is 4. The number of nitrogens with two attached hydrogens (primary N) is 1. The Bertz CT molecular complexity index is 1810. The lowest BCUT2D eigenvalue weighted by Crippen LogP contribution is -2.39. The van der Waals surface area contributed by atoms with Crippen LogP contribution in [0.2, 0.25) is 0 Å². The van der Waals surface area contributed by atoms with Crippen LogP contribution in [0.15, 0.2) is 54.9 Å². The van der Waals surface area contributed by atoms with Crippen LogP contribution in [0.4, 0.5) is 20.2 Å². The van der Waals surface area contributed by atoms with Gasteiger partial charge in [-0.1, -0.05) is 23.4 Å². The van der Waals surface area contributed by atoms with Gasteiger partial charge in [-0.2, -0.15) is 0 Å². The number of rotatable bonds is 7. The fourth-order valence-corrected chi connectivity index (χ4v) is 7.38. The molecule has 3 fully saturated rings. The molecule has 13 heteroatoms. The van der Waals surface area contributed by atoms with Gasteiger partial charge in [-0.3, -0.25) is 4.98 Å². The molecule has 3 aliphatic rings. The number of pyridine rings is 1. The SMILES string of the molecule is NS(=O)(=O)C(CO)c1ccc(-c2cn(-c3cc(N4CCC(F)(F)CC4)c4ncccc4c3)nn2)c(N2CCC3(CC2)CC3)c1. The summed E-state index contributed by atoms with van der Waals surface area (Å²) in [5.41, 5.74) is 5.31. The van der Waals surface area contributed by atoms with E-state index in [2.05, 4.69) is 20.2 Å². The van der Waals surface area contributed by atoms with Crippen molar-refractivity contribution in [2.45, 2.75) is 49.7 Å². The van der Waals surface area contributed by atoms with E-state index in [0.717, 1.165) is 59.5 Å². The van der Waals surface area contributed by atoms with Gasteiger partial charge in [-0.25, -0.2) is 27.0 Å². The van der Waals surface area contributed by atoms with Crippen molar-refractivity contribution in [3.8, 4) is 16.9 Å². The van der Waals surface area contributed by atoms with Gasteiger partial charge in [-0.15, -0.1) is 5.10 Å². The molecular formula is C31H35F2N7O3S. The Morgan fingerprint density at radius 1 is 0.932 bits per heavy atom. The van der Waals surface area contributed by atoms with Crippen molar-refractivity contribution in [1.82, 2.24) is 20.0 Å². The number of anilines is 2. The zero-order valence-corrected chi connectivity index (χ0v) is 25.1. The van der Waals surface area contributed by atoms with Gasteiger partial charge in [0.25, 0.3) is 5.92 Å². The Labute approximate surface area is 254 Å². The Balaban J connectivity index is 1.27. The quantitative estimate of drug-likeness (QED) is 0.310. The maximum Gasteiger partial charge on any atom is 0.251 e. The van der Waals surface area contributed by atoms with Crippen molar-refractivity contribution in [2.24, 2.45) is 10.6 Å². The molecule has 10 nitrogen and oxygen atoms in total. The molecule has 7 rings (SSSR count). The molecule has 44 heavy (non-hydrogen) atoms. The molecule has 232 valence electrons. The number of halogens is 2. The van der Waals surface area contributed by atoms with Crippen LogP contribution in [-0.4, -0.2) is 72.2 Å². The lowest BCUT2D eigenvalue weighted by atomic mass is 9.92. The minimum atomic E-state index is -4.02. The van der Waals surface area contributed by atoms with E-state index in [4.69, 9.17) is 5.14 Å². The first-order valence-electron chi connectivity index (χ1n) is 15.0. The van der Waals surface area contributed by atoms with Crippen LogP contribution >= 0.6 is 0 Å². The number of sulfonamides is 1. The number of piperidine rings is 2. The normalized spacial score (nSPS) is 20.3. The highest BCUT2D eigenvalue weighted by molar-refractivity contribution is 7.89. The minimum absolute atomic E-state index is 0.210. The first-order valence-corrected chi connectivity index (χ1v) is 16.6. The van der Waals surface area contributed by atoms with Gasteiger partial charge in [0.15, 0.2) is 0 Å². The molecule has 0 bridgehead atoms. The average Bonchev–Trinajstić information content (AvgIpc) is 3.56. The van der Waals surface area contributed by atoms with Crippen LogP contribution < -0.4 is 14.9 Å². The first-order chi connectivity index (χ1) is 21.0. The summed E-state index contributed by atoms with van der Waals surface area (Å²) in [5.74, 6) is -2.66. The molecule has 4 heterocycles. The molecule has 3 N–H and O–H groups in total. The predicted octanol–water partition coefficient (Wildman–Crippen LogP) is 4.42. The maximum absolute atomic E-state index is 14.0. The van der Waals surface area contributed by atoms with Crippen LogP contribution in [0.5, 0.6) is 0 Å². The van der Waals surface area contributed by atoms with E-state index in [1.165, 1.54) is 12.8 Å². The summed E-state index contributed by atoms with van der Waals surface area (Å²) in [6.07, 6.45) is 7.74. The number of primary sulfonamides is 1. The predicted molar refractivity (Wildman–Crippen MR) is 165 cm³/mol. The Hall–Kier alpha value is -3.68. The van der Waals surface area contributed by atoms with Gasteiger partial charge in [0, 0.05) is 61.9 Å². The van der Waals surface area contributed by atoms with Crippen molar-refractivity contribution in [3.05, 3.63) is 60.4 Å². The Morgan fingerprint density at radius 2 is 1.64 bits per heavy atom. The van der Waals surface area contributed by atoms with Gasteiger partial charge in [0.2, 0.25) is 10.0 Å². The van der Waals surface area contributed by atoms with Crippen LogP contribution in [-0.2, 0) is 10.0 Å². The zero-order valence-electron chi connectivity index (χ0n) is 24.2. The highest BCUT2D eigenvalue weighted by Gasteiger charge is 2.44. The molecule has 2 saturated heterocycles. The Kier molecular flexibility index (Phi) is 7.09. The number of benzene rings is 2. The molecule has 2 aliphatic heterocycles. The molecule has 1 spiro atoms. The number of hydrogen-bond acceptors (Lipinski definition) is 8. The topological polar surface area (TPSA) is 130 Å². The Morgan fingerprint density at radius 3 is 2.32 bits per heavy atom. The third kappa shape index (κ3) is 5.52. The van der Waals surface area contributed by atoms with Crippen LogP contribution in [0.3, 0.4) is 0 Å². The number of aliphatic hydroxyl groups excluding tert-OH is 1. The summed E-state index contributed by atoms with van der Waals surface area (Å²) in [4.78, 5) is 8.77. The fraction of sp³-hybridized carbons (Fsp3) is 0.452. The van der Waals surface area contributed by atoms with E-state index in [1.807, 2.05) is 41.4 Å². The van der Waals surface area contributed by atoms with Crippen LogP contribution in [0.25, 0.3) is 27.8 Å². The van der Waals surface area contributed by atoms with Crippen molar-refractivity contribution in [1.29, 1.82) is 0 Å². The highest BCUT2D eigenvalue weighted by atomic mass is 32.2. The molecule has 2 aromatic carbocycles. The van der Waals surface area contributed by atoms with Crippen molar-refractivity contribution in [2.75, 3.05) is 42.6 Å². The van der Waals surface area contributed by atoms with Gasteiger partial charge >= 0.3 is 0 Å². The van der Waals surface area contributed by atoms with Crippen molar-refractivity contribution in [3.63, 3.8) is 0 Å². The summed E-state index contributed by atoms with van der Waals surface area (Å²) in [7, 11) is -4.02. The minimum Gasteiger partial charge on any atom is -0.395 e. The van der Waals surface area contributed by atoms with E-state index >= 15 is 0 Å². The smallest absolute Gasteiger partial charge is 0.251 e. The fourth-order valence-electron chi connectivity index (χ4n) is 6.64. The number of nitrogens with zero attached hydrogens (tertiary/aromatic N) is 6. The number of fused-ring (bicyclic) bond motifs is 1. The van der Waals surface area contributed by atoms with Gasteiger partial charge in [-0.05, 0) is 60.9 Å². The molecule has 4 aromatic rings. The number of hydrogen-bond donors (Lipinski definition) is 2. The zero-order chi connectivity index (χ0) is 30.7. The van der Waals surface area contributed by atoms with Gasteiger partial charge < -0.3 is 14.9 Å². The second kappa shape index (κ2) is 10.7. The van der Waals surface area contributed by atoms with Gasteiger partial charge in [0.1, 0.15) is 10.9 Å². The monoisotopic (exact) mass is 623 g/mol. The highest BCUT2D eigenvalue weighted by Crippen LogP contribution is 2.54. The molecule has 1 aliphatic carbocycles. The van der Waals surface area contributed by atoms with Crippen LogP contribution in [0, 0.1) is 5.41 Å². The molecule has 2 aromatic heterocycles. The maximum atomic E-state index is 14.0. The standard InChI is InChI=1S/C31H35F2N7O3S/c32-31(33)9-14-39(15-10-31)27-18-23(16-22-2-1-11-35-29(22)27)40-19-25(36-37-40)24-4-3-21(28(20-41)44(34,42)43)17-26(24)38-12-7-30(5-6-30)8-13-38/h1-4,11,16-19,28,41H,5-10,12-15,20H2,(H2,34,42,43). The number of aliphatic hydroxyl groups is 1. The second-order valence-corrected chi connectivity index (χ2v) is 14.2. The number of alkyl halides is 2. The summed E-state index contributed by atoms with van der Waals surface area (Å²) in [6.45, 7) is 1.50. The first kappa shape index (κ1) is 29.1. The second-order valence-electron chi connectivity index (χ2n) is 12.5. The van der Waals surface area contributed by atoms with Crippen molar-refractivity contribution < 1.29 is 22.3 Å². The lowest BCUT2D eigenvalue weighted by Gasteiger charge is -2.35. The summed E-state index contributed by atoms with van der Waals surface area (Å²) in [5, 5.41) is 23.9. The van der Waals surface area contributed by atoms with Crippen LogP contribution in [0.1, 0.15) is 49.3 Å². The summed E-state index contributed by atoms with van der Waals surface area (Å²) in [6, 6.07) is 12.9. The molecule has 1 unspecified atom stereocenters. The molecule has 1 atom stereocenters. The third-order valence-corrected chi connectivity index (χ3v) is 10.8. The molecule has 1 saturated carbocycles. The average molecular weight is 624 g/mol. The molecule has 0 radical (unpaired) electrons. The van der Waals surface area contributed by atoms with E-state index < -0.39 is 27.8 Å². The van der Waals surface area contributed by atoms with E-state index in [1.54, 1.807) is 23.0 Å². The van der Waals surface area contributed by atoms with E-state index in [0.29, 0.717) is 16.7 Å². The largest absolute Gasteiger partial charge is 0.395 e. The van der Waals surface area contributed by atoms with Gasteiger partial charge in [0.05, 0.1) is 29.7 Å². The summed E-state index contributed by atoms with van der Waals surface area (Å²) >= 11 is 0. The summed E-state index contributed by atoms with van der Waals surface area (Å²) < 4.78 is 54.1. The lowest BCUT2D eigenvalue weighted by molar-refractivity contribution is -0.0220. The molecular weight excluding hydrogens is 588 g/mol. The third-order valence-electron chi connectivity index (χ3n) is 9.62. The van der Waals surface area contributed by atoms with E-state index in [-0.39, 0.29) is 25.9 Å². The molecule has 0 amide bonds. The van der Waals surface area contributed by atoms with E-state index in [9.17, 15) is 22.3 Å².